The van der Waals surface area contributed by atoms with Crippen molar-refractivity contribution in [1.29, 1.82) is 0 Å². The number of H-pyrrole nitrogens is 1. The predicted octanol–water partition coefficient (Wildman–Crippen LogP) is 5.44. The molecule has 1 atom stereocenters. The second-order valence-corrected chi connectivity index (χ2v) is 9.64. The third-order valence-corrected chi connectivity index (χ3v) is 7.55. The fourth-order valence-corrected chi connectivity index (χ4v) is 5.94. The lowest BCUT2D eigenvalue weighted by Gasteiger charge is -2.22. The lowest BCUT2D eigenvalue weighted by atomic mass is 10.1. The maximum atomic E-state index is 10.1. The minimum atomic E-state index is -0.246. The molecule has 1 unspecified atom stereocenters. The van der Waals surface area contributed by atoms with E-state index in [0.29, 0.717) is 6.54 Å². The second kappa shape index (κ2) is 7.74. The van der Waals surface area contributed by atoms with Crippen LogP contribution in [-0.2, 0) is 12.8 Å². The molecule has 31 heavy (non-hydrogen) atoms. The molecule has 0 bridgehead atoms. The van der Waals surface area contributed by atoms with Gasteiger partial charge in [0.1, 0.15) is 0 Å². The molecule has 1 fully saturated rings. The Kier molecular flexibility index (Phi) is 4.73. The zero-order valence-electron chi connectivity index (χ0n) is 17.3. The Labute approximate surface area is 186 Å². The standard InChI is InChI=1S/C26H25N3OS/c30-18-11-13-29(16-18)25-9-8-19(31-26-10-12-27-23-7-3-5-20(23)26)15-21(25)24-14-17-4-1-2-6-22(17)28-24/h1-2,4,6,8-10,12,14-15,18,28,30H,3,5,7,11,13,16H2. The number of aryl methyl sites for hydroxylation is 1. The van der Waals surface area contributed by atoms with Crippen LogP contribution < -0.4 is 4.90 Å². The van der Waals surface area contributed by atoms with Gasteiger partial charge in [0.2, 0.25) is 0 Å². The molecule has 4 aromatic rings. The minimum Gasteiger partial charge on any atom is -0.391 e. The Balaban J connectivity index is 1.43. The lowest BCUT2D eigenvalue weighted by molar-refractivity contribution is 0.198. The highest BCUT2D eigenvalue weighted by molar-refractivity contribution is 7.99. The number of aliphatic hydroxyl groups excluding tert-OH is 1. The second-order valence-electron chi connectivity index (χ2n) is 8.53. The van der Waals surface area contributed by atoms with Gasteiger partial charge in [0.05, 0.1) is 6.10 Å². The highest BCUT2D eigenvalue weighted by Crippen LogP contribution is 2.40. The van der Waals surface area contributed by atoms with Gasteiger partial charge < -0.3 is 15.0 Å². The average Bonchev–Trinajstić information content (AvgIpc) is 3.53. The van der Waals surface area contributed by atoms with E-state index in [9.17, 15) is 5.11 Å². The zero-order chi connectivity index (χ0) is 20.8. The van der Waals surface area contributed by atoms with Crippen LogP contribution in [0.4, 0.5) is 5.69 Å². The number of benzene rings is 2. The molecule has 0 saturated carbocycles. The molecule has 1 saturated heterocycles. The number of nitrogens with one attached hydrogen (secondary N) is 1. The van der Waals surface area contributed by atoms with Gasteiger partial charge in [-0.1, -0.05) is 30.0 Å². The van der Waals surface area contributed by atoms with Crippen LogP contribution in [0.2, 0.25) is 0 Å². The fraction of sp³-hybridized carbons (Fsp3) is 0.269. The number of aromatic nitrogens is 2. The predicted molar refractivity (Wildman–Crippen MR) is 127 cm³/mol. The molecule has 1 aliphatic carbocycles. The number of para-hydroxylation sites is 1. The van der Waals surface area contributed by atoms with Gasteiger partial charge >= 0.3 is 0 Å². The number of nitrogens with zero attached hydrogens (tertiary/aromatic N) is 2. The first-order valence-electron chi connectivity index (χ1n) is 11.0. The highest BCUT2D eigenvalue weighted by Gasteiger charge is 2.24. The summed E-state index contributed by atoms with van der Waals surface area (Å²) in [5, 5.41) is 11.3. The minimum absolute atomic E-state index is 0.246. The third kappa shape index (κ3) is 3.52. The molecular weight excluding hydrogens is 402 g/mol. The first-order chi connectivity index (χ1) is 15.2. The van der Waals surface area contributed by atoms with Crippen molar-refractivity contribution in [3.05, 3.63) is 72.1 Å². The van der Waals surface area contributed by atoms with E-state index in [4.69, 9.17) is 0 Å². The molecule has 5 heteroatoms. The molecular formula is C26H25N3OS. The molecule has 0 amide bonds. The molecule has 0 spiro atoms. The average molecular weight is 428 g/mol. The normalized spacial score (nSPS) is 18.1. The summed E-state index contributed by atoms with van der Waals surface area (Å²) in [5.74, 6) is 0. The molecule has 2 aromatic heterocycles. The van der Waals surface area contributed by atoms with Crippen LogP contribution in [0, 0.1) is 0 Å². The van der Waals surface area contributed by atoms with E-state index < -0.39 is 0 Å². The van der Waals surface area contributed by atoms with Crippen LogP contribution >= 0.6 is 11.8 Å². The van der Waals surface area contributed by atoms with Crippen LogP contribution in [0.5, 0.6) is 0 Å². The molecule has 3 heterocycles. The number of β-amino-alcohol motifs (C(OH)–C–C–N with tert-alkyl or cyclic N) is 1. The number of aromatic amines is 1. The van der Waals surface area contributed by atoms with E-state index in [-0.39, 0.29) is 6.10 Å². The lowest BCUT2D eigenvalue weighted by Crippen LogP contribution is -2.21. The first-order valence-corrected chi connectivity index (χ1v) is 11.9. The molecule has 0 radical (unpaired) electrons. The van der Waals surface area contributed by atoms with Gasteiger partial charge in [-0.15, -0.1) is 0 Å². The molecule has 2 aromatic carbocycles. The summed E-state index contributed by atoms with van der Waals surface area (Å²) in [5.41, 5.74) is 7.35. The van der Waals surface area contributed by atoms with Crippen molar-refractivity contribution < 1.29 is 5.11 Å². The Hall–Kier alpha value is -2.76. The van der Waals surface area contributed by atoms with Gasteiger partial charge in [0.15, 0.2) is 0 Å². The first kappa shape index (κ1) is 19.0. The zero-order valence-corrected chi connectivity index (χ0v) is 18.2. The fourth-order valence-electron chi connectivity index (χ4n) is 4.90. The number of fused-ring (bicyclic) bond motifs is 2. The quantitative estimate of drug-likeness (QED) is 0.455. The van der Waals surface area contributed by atoms with E-state index in [1.807, 2.05) is 18.0 Å². The Morgan fingerprint density at radius 1 is 1.06 bits per heavy atom. The van der Waals surface area contributed by atoms with Crippen LogP contribution in [0.1, 0.15) is 24.1 Å². The van der Waals surface area contributed by atoms with Crippen LogP contribution in [0.25, 0.3) is 22.2 Å². The maximum absolute atomic E-state index is 10.1. The molecule has 6 rings (SSSR count). The van der Waals surface area contributed by atoms with Crippen molar-refractivity contribution in [3.63, 3.8) is 0 Å². The van der Waals surface area contributed by atoms with Crippen molar-refractivity contribution in [2.24, 2.45) is 0 Å². The number of pyridine rings is 1. The number of aliphatic hydroxyl groups is 1. The summed E-state index contributed by atoms with van der Waals surface area (Å²) >= 11 is 1.84. The van der Waals surface area contributed by atoms with Crippen LogP contribution in [-0.4, -0.2) is 34.3 Å². The van der Waals surface area contributed by atoms with Gasteiger partial charge in [0, 0.05) is 62.6 Å². The molecule has 156 valence electrons. The van der Waals surface area contributed by atoms with Crippen molar-refractivity contribution in [2.45, 2.75) is 41.6 Å². The van der Waals surface area contributed by atoms with E-state index in [1.54, 1.807) is 0 Å². The largest absolute Gasteiger partial charge is 0.391 e. The topological polar surface area (TPSA) is 52.1 Å². The van der Waals surface area contributed by atoms with Crippen molar-refractivity contribution in [1.82, 2.24) is 9.97 Å². The summed E-state index contributed by atoms with van der Waals surface area (Å²) in [6, 6.07) is 19.6. The monoisotopic (exact) mass is 427 g/mol. The number of hydrogen-bond donors (Lipinski definition) is 2. The van der Waals surface area contributed by atoms with Crippen molar-refractivity contribution >= 4 is 28.4 Å². The van der Waals surface area contributed by atoms with E-state index >= 15 is 0 Å². The van der Waals surface area contributed by atoms with Gasteiger partial charge in [-0.3, -0.25) is 4.98 Å². The SMILES string of the molecule is OC1CCN(c2ccc(Sc3ccnc4c3CCC4)cc2-c2cc3ccccc3[nH]2)C1. The number of anilines is 1. The van der Waals surface area contributed by atoms with Crippen LogP contribution in [0.3, 0.4) is 0 Å². The molecule has 2 aliphatic rings. The van der Waals surface area contributed by atoms with Gasteiger partial charge in [0.25, 0.3) is 0 Å². The van der Waals surface area contributed by atoms with E-state index in [2.05, 4.69) is 69.5 Å². The molecule has 1 aliphatic heterocycles. The van der Waals surface area contributed by atoms with E-state index in [1.165, 1.54) is 44.1 Å². The number of rotatable bonds is 4. The van der Waals surface area contributed by atoms with E-state index in [0.717, 1.165) is 37.0 Å². The van der Waals surface area contributed by atoms with Gasteiger partial charge in [-0.2, -0.15) is 0 Å². The third-order valence-electron chi connectivity index (χ3n) is 6.46. The summed E-state index contributed by atoms with van der Waals surface area (Å²) in [6.07, 6.45) is 5.96. The van der Waals surface area contributed by atoms with Crippen molar-refractivity contribution in [2.75, 3.05) is 18.0 Å². The number of hydrogen-bond acceptors (Lipinski definition) is 4. The smallest absolute Gasteiger partial charge is 0.0731 e. The summed E-state index contributed by atoms with van der Waals surface area (Å²) < 4.78 is 0. The molecule has 4 nitrogen and oxygen atoms in total. The highest BCUT2D eigenvalue weighted by atomic mass is 32.2. The molecule has 2 N–H and O–H groups in total. The Bertz CT molecular complexity index is 1230. The van der Waals surface area contributed by atoms with Crippen LogP contribution in [0.15, 0.2) is 70.6 Å². The summed E-state index contributed by atoms with van der Waals surface area (Å²) in [6.45, 7) is 1.58. The summed E-state index contributed by atoms with van der Waals surface area (Å²) in [7, 11) is 0. The Morgan fingerprint density at radius 3 is 2.87 bits per heavy atom. The van der Waals surface area contributed by atoms with Gasteiger partial charge in [-0.05, 0) is 67.6 Å². The summed E-state index contributed by atoms with van der Waals surface area (Å²) in [4.78, 5) is 13.1. The maximum Gasteiger partial charge on any atom is 0.0731 e. The van der Waals surface area contributed by atoms with Crippen molar-refractivity contribution in [3.8, 4) is 11.3 Å². The van der Waals surface area contributed by atoms with Gasteiger partial charge in [-0.25, -0.2) is 0 Å². The Morgan fingerprint density at radius 2 is 2.00 bits per heavy atom.